The van der Waals surface area contributed by atoms with Crippen LogP contribution in [0.5, 0.6) is 0 Å². The number of nitrogens with two attached hydrogens (primary N) is 1. The molecule has 3 rings (SSSR count). The summed E-state index contributed by atoms with van der Waals surface area (Å²) in [4.78, 5) is 9.28. The Morgan fingerprint density at radius 1 is 1.30 bits per heavy atom. The highest BCUT2D eigenvalue weighted by molar-refractivity contribution is 9.10. The van der Waals surface area contributed by atoms with E-state index < -0.39 is 0 Å². The number of hydrogen-bond donors (Lipinski definition) is 1. The molecule has 0 aliphatic carbocycles. The van der Waals surface area contributed by atoms with Gasteiger partial charge in [-0.05, 0) is 24.1 Å². The van der Waals surface area contributed by atoms with E-state index in [1.807, 2.05) is 12.1 Å². The number of ether oxygens (including phenoxy) is 1. The van der Waals surface area contributed by atoms with E-state index >= 15 is 0 Å². The first-order chi connectivity index (χ1) is 11.0. The lowest BCUT2D eigenvalue weighted by Crippen LogP contribution is -2.10. The van der Waals surface area contributed by atoms with Gasteiger partial charge in [-0.2, -0.15) is 0 Å². The summed E-state index contributed by atoms with van der Waals surface area (Å²) in [5.74, 6) is 1.99. The number of nitrogens with zero attached hydrogens (tertiary/aromatic N) is 3. The Balaban J connectivity index is 2.33. The highest BCUT2D eigenvalue weighted by atomic mass is 79.9. The molecule has 0 amide bonds. The molecule has 0 aliphatic rings. The molecule has 23 heavy (non-hydrogen) atoms. The Hall–Kier alpha value is -1.66. The van der Waals surface area contributed by atoms with Crippen LogP contribution >= 0.6 is 15.9 Å². The minimum atomic E-state index is 0.478. The number of halogens is 1. The van der Waals surface area contributed by atoms with Crippen molar-refractivity contribution >= 4 is 43.7 Å². The highest BCUT2D eigenvalue weighted by Gasteiger charge is 2.18. The topological polar surface area (TPSA) is 66.0 Å². The number of methoxy groups -OCH3 is 1. The van der Waals surface area contributed by atoms with Gasteiger partial charge >= 0.3 is 0 Å². The van der Waals surface area contributed by atoms with Gasteiger partial charge in [0.1, 0.15) is 11.3 Å². The lowest BCUT2D eigenvalue weighted by molar-refractivity contribution is 0.199. The van der Waals surface area contributed by atoms with Gasteiger partial charge in [-0.25, -0.2) is 9.97 Å². The standard InChI is InChI=1S/C17H21BrN4O/c1-10(2)9-22-14(6-7-23-3)21-15-16(22)12-5-4-11(18)8-13(12)20-17(15)19/h4-5,8,10H,6-7,9H2,1-3H3,(H2,19,20). The molecule has 6 heteroatoms. The van der Waals surface area contributed by atoms with Crippen molar-refractivity contribution in [1.82, 2.24) is 14.5 Å². The molecule has 3 aromatic rings. The molecule has 0 fully saturated rings. The lowest BCUT2D eigenvalue weighted by atomic mass is 10.1. The zero-order valence-corrected chi connectivity index (χ0v) is 15.2. The van der Waals surface area contributed by atoms with Gasteiger partial charge in [0.2, 0.25) is 0 Å². The summed E-state index contributed by atoms with van der Waals surface area (Å²) in [5, 5.41) is 1.08. The average molecular weight is 377 g/mol. The van der Waals surface area contributed by atoms with Crippen LogP contribution in [0.4, 0.5) is 5.82 Å². The van der Waals surface area contributed by atoms with Gasteiger partial charge in [0, 0.05) is 29.9 Å². The van der Waals surface area contributed by atoms with Crippen LogP contribution in [-0.4, -0.2) is 28.3 Å². The number of anilines is 1. The van der Waals surface area contributed by atoms with E-state index in [1.165, 1.54) is 0 Å². The fourth-order valence-corrected chi connectivity index (χ4v) is 3.23. The second kappa shape index (κ2) is 6.45. The number of rotatable bonds is 5. The maximum atomic E-state index is 6.18. The van der Waals surface area contributed by atoms with Crippen LogP contribution in [-0.2, 0) is 17.7 Å². The van der Waals surface area contributed by atoms with Crippen molar-refractivity contribution in [3.05, 3.63) is 28.5 Å². The largest absolute Gasteiger partial charge is 0.384 e. The van der Waals surface area contributed by atoms with Gasteiger partial charge in [0.25, 0.3) is 0 Å². The molecule has 0 unspecified atom stereocenters. The number of pyridine rings is 1. The SMILES string of the molecule is COCCc1nc2c(N)nc3cc(Br)ccc3c2n1CC(C)C. The first-order valence-electron chi connectivity index (χ1n) is 7.74. The molecule has 0 atom stereocenters. The number of hydrogen-bond acceptors (Lipinski definition) is 4. The van der Waals surface area contributed by atoms with Crippen LogP contribution in [0.15, 0.2) is 22.7 Å². The van der Waals surface area contributed by atoms with Gasteiger partial charge in [0.15, 0.2) is 5.82 Å². The average Bonchev–Trinajstić information content (AvgIpc) is 2.84. The molecular weight excluding hydrogens is 356 g/mol. The minimum absolute atomic E-state index is 0.478. The molecule has 0 spiro atoms. The van der Waals surface area contributed by atoms with Crippen molar-refractivity contribution in [3.63, 3.8) is 0 Å². The Morgan fingerprint density at radius 3 is 2.78 bits per heavy atom. The Morgan fingerprint density at radius 2 is 2.09 bits per heavy atom. The van der Waals surface area contributed by atoms with E-state index in [4.69, 9.17) is 15.5 Å². The number of nitrogen functional groups attached to an aromatic ring is 1. The van der Waals surface area contributed by atoms with E-state index in [-0.39, 0.29) is 0 Å². The van der Waals surface area contributed by atoms with Crippen LogP contribution < -0.4 is 5.73 Å². The van der Waals surface area contributed by atoms with Crippen molar-refractivity contribution in [3.8, 4) is 0 Å². The molecular formula is C17H21BrN4O. The molecule has 0 saturated heterocycles. The van der Waals surface area contributed by atoms with Crippen LogP contribution in [0, 0.1) is 5.92 Å². The summed E-state index contributed by atoms with van der Waals surface area (Å²) >= 11 is 3.50. The van der Waals surface area contributed by atoms with Crippen LogP contribution in [0.2, 0.25) is 0 Å². The van der Waals surface area contributed by atoms with Gasteiger partial charge in [-0.1, -0.05) is 29.8 Å². The third kappa shape index (κ3) is 3.05. The molecule has 1 aromatic carbocycles. The zero-order valence-electron chi connectivity index (χ0n) is 13.6. The van der Waals surface area contributed by atoms with Crippen molar-refractivity contribution < 1.29 is 4.74 Å². The molecule has 2 aromatic heterocycles. The van der Waals surface area contributed by atoms with Crippen molar-refractivity contribution in [2.24, 2.45) is 5.92 Å². The van der Waals surface area contributed by atoms with Gasteiger partial charge in [-0.15, -0.1) is 0 Å². The molecule has 0 radical (unpaired) electrons. The quantitative estimate of drug-likeness (QED) is 0.735. The zero-order chi connectivity index (χ0) is 16.6. The predicted octanol–water partition coefficient (Wildman–Crippen LogP) is 3.77. The Kier molecular flexibility index (Phi) is 4.55. The second-order valence-corrected chi connectivity index (χ2v) is 7.05. The summed E-state index contributed by atoms with van der Waals surface area (Å²) in [5.41, 5.74) is 8.92. The van der Waals surface area contributed by atoms with E-state index in [1.54, 1.807) is 7.11 Å². The van der Waals surface area contributed by atoms with E-state index in [0.717, 1.165) is 45.2 Å². The molecule has 2 heterocycles. The van der Waals surface area contributed by atoms with Crippen LogP contribution in [0.25, 0.3) is 21.9 Å². The summed E-state index contributed by atoms with van der Waals surface area (Å²) in [6, 6.07) is 6.10. The maximum absolute atomic E-state index is 6.18. The molecule has 122 valence electrons. The molecule has 0 aliphatic heterocycles. The number of imidazole rings is 1. The third-order valence-electron chi connectivity index (χ3n) is 3.82. The van der Waals surface area contributed by atoms with Gasteiger partial charge in [0.05, 0.1) is 17.6 Å². The maximum Gasteiger partial charge on any atom is 0.152 e. The van der Waals surface area contributed by atoms with E-state index in [9.17, 15) is 0 Å². The number of fused-ring (bicyclic) bond motifs is 3. The van der Waals surface area contributed by atoms with Gasteiger partial charge in [-0.3, -0.25) is 0 Å². The fourth-order valence-electron chi connectivity index (χ4n) is 2.88. The van der Waals surface area contributed by atoms with Crippen LogP contribution in [0.3, 0.4) is 0 Å². The minimum Gasteiger partial charge on any atom is -0.384 e. The van der Waals surface area contributed by atoms with Crippen LogP contribution in [0.1, 0.15) is 19.7 Å². The summed E-state index contributed by atoms with van der Waals surface area (Å²) < 4.78 is 8.49. The fraction of sp³-hybridized carbons (Fsp3) is 0.412. The molecule has 0 bridgehead atoms. The van der Waals surface area contributed by atoms with E-state index in [2.05, 4.69) is 45.4 Å². The van der Waals surface area contributed by atoms with E-state index in [0.29, 0.717) is 18.3 Å². The van der Waals surface area contributed by atoms with Crippen molar-refractivity contribution in [2.45, 2.75) is 26.8 Å². The van der Waals surface area contributed by atoms with Gasteiger partial charge < -0.3 is 15.0 Å². The smallest absolute Gasteiger partial charge is 0.152 e. The summed E-state index contributed by atoms with van der Waals surface area (Å²) in [7, 11) is 1.71. The highest BCUT2D eigenvalue weighted by Crippen LogP contribution is 2.31. The first-order valence-corrected chi connectivity index (χ1v) is 8.53. The Bertz CT molecular complexity index is 857. The molecule has 5 nitrogen and oxygen atoms in total. The van der Waals surface area contributed by atoms with Crippen molar-refractivity contribution in [1.29, 1.82) is 0 Å². The summed E-state index contributed by atoms with van der Waals surface area (Å²) in [6.07, 6.45) is 0.759. The molecule has 2 N–H and O–H groups in total. The first kappa shape index (κ1) is 16.2. The number of aromatic nitrogens is 3. The second-order valence-electron chi connectivity index (χ2n) is 6.13. The number of benzene rings is 1. The predicted molar refractivity (Wildman–Crippen MR) is 97.6 cm³/mol. The normalized spacial score (nSPS) is 11.9. The monoisotopic (exact) mass is 376 g/mol. The molecule has 0 saturated carbocycles. The van der Waals surface area contributed by atoms with Crippen molar-refractivity contribution in [2.75, 3.05) is 19.5 Å². The lowest BCUT2D eigenvalue weighted by Gasteiger charge is -2.13. The summed E-state index contributed by atoms with van der Waals surface area (Å²) in [6.45, 7) is 5.94. The third-order valence-corrected chi connectivity index (χ3v) is 4.32. The Labute approximate surface area is 144 Å².